The SMILES string of the molecule is O=[N+]([O-])c1ccc(C2=NNC(C(Cl)Cl)C2)cc1. The molecule has 1 aromatic rings. The molecule has 17 heavy (non-hydrogen) atoms. The third kappa shape index (κ3) is 2.68. The van der Waals surface area contributed by atoms with Crippen molar-refractivity contribution in [3.8, 4) is 0 Å². The van der Waals surface area contributed by atoms with Gasteiger partial charge < -0.3 is 5.43 Å². The van der Waals surface area contributed by atoms with Gasteiger partial charge in [-0.05, 0) is 17.7 Å². The van der Waals surface area contributed by atoms with Gasteiger partial charge in [-0.3, -0.25) is 10.1 Å². The van der Waals surface area contributed by atoms with Gasteiger partial charge in [-0.1, -0.05) is 0 Å². The van der Waals surface area contributed by atoms with Crippen LogP contribution >= 0.6 is 23.2 Å². The average Bonchev–Trinajstić information content (AvgIpc) is 2.78. The molecule has 90 valence electrons. The van der Waals surface area contributed by atoms with Crippen LogP contribution in [0.4, 0.5) is 5.69 Å². The highest BCUT2D eigenvalue weighted by Crippen LogP contribution is 2.20. The van der Waals surface area contributed by atoms with Crippen LogP contribution in [0.2, 0.25) is 0 Å². The normalized spacial score (nSPS) is 19.0. The molecule has 1 aliphatic rings. The first-order valence-electron chi connectivity index (χ1n) is 4.93. The Morgan fingerprint density at radius 2 is 2.06 bits per heavy atom. The third-order valence-electron chi connectivity index (χ3n) is 2.49. The van der Waals surface area contributed by atoms with Crippen molar-refractivity contribution in [3.05, 3.63) is 39.9 Å². The summed E-state index contributed by atoms with van der Waals surface area (Å²) in [5.74, 6) is 0. The van der Waals surface area contributed by atoms with Gasteiger partial charge in [0.2, 0.25) is 0 Å². The lowest BCUT2D eigenvalue weighted by molar-refractivity contribution is -0.384. The molecule has 7 heteroatoms. The maximum Gasteiger partial charge on any atom is 0.269 e. The first-order valence-corrected chi connectivity index (χ1v) is 5.80. The molecular weight excluding hydrogens is 265 g/mol. The number of alkyl halides is 2. The fourth-order valence-electron chi connectivity index (χ4n) is 1.56. The van der Waals surface area contributed by atoms with Gasteiger partial charge in [0.15, 0.2) is 0 Å². The minimum Gasteiger partial charge on any atom is -0.304 e. The molecule has 0 bridgehead atoms. The molecule has 0 fully saturated rings. The molecule has 1 atom stereocenters. The van der Waals surface area contributed by atoms with Crippen molar-refractivity contribution in [2.24, 2.45) is 5.10 Å². The second kappa shape index (κ2) is 4.89. The number of non-ortho nitro benzene ring substituents is 1. The molecule has 0 amide bonds. The van der Waals surface area contributed by atoms with Gasteiger partial charge in [0.1, 0.15) is 4.84 Å². The molecule has 0 saturated heterocycles. The summed E-state index contributed by atoms with van der Waals surface area (Å²) in [5.41, 5.74) is 4.53. The van der Waals surface area contributed by atoms with Crippen LogP contribution < -0.4 is 5.43 Å². The van der Waals surface area contributed by atoms with Crippen LogP contribution in [0.15, 0.2) is 29.4 Å². The number of benzene rings is 1. The Morgan fingerprint density at radius 1 is 1.41 bits per heavy atom. The van der Waals surface area contributed by atoms with Gasteiger partial charge in [0.05, 0.1) is 16.7 Å². The van der Waals surface area contributed by atoms with Crippen LogP contribution in [0.3, 0.4) is 0 Å². The van der Waals surface area contributed by atoms with Gasteiger partial charge in [-0.15, -0.1) is 23.2 Å². The first kappa shape index (κ1) is 12.1. The van der Waals surface area contributed by atoms with E-state index in [1.165, 1.54) is 12.1 Å². The van der Waals surface area contributed by atoms with Crippen molar-refractivity contribution in [1.29, 1.82) is 0 Å². The number of hydrogen-bond acceptors (Lipinski definition) is 4. The fourth-order valence-corrected chi connectivity index (χ4v) is 1.85. The maximum atomic E-state index is 10.5. The van der Waals surface area contributed by atoms with E-state index in [0.717, 1.165) is 11.3 Å². The van der Waals surface area contributed by atoms with Crippen molar-refractivity contribution in [2.75, 3.05) is 0 Å². The zero-order chi connectivity index (χ0) is 12.4. The standard InChI is InChI=1S/C10H9Cl2N3O2/c11-10(12)9-5-8(13-14-9)6-1-3-7(4-2-6)15(16)17/h1-4,9-10,14H,5H2. The molecule has 1 heterocycles. The second-order valence-electron chi connectivity index (χ2n) is 3.64. The van der Waals surface area contributed by atoms with E-state index in [1.54, 1.807) is 12.1 Å². The van der Waals surface area contributed by atoms with Crippen molar-refractivity contribution in [1.82, 2.24) is 5.43 Å². The Labute approximate surface area is 108 Å². The molecule has 0 spiro atoms. The van der Waals surface area contributed by atoms with Gasteiger partial charge in [-0.2, -0.15) is 5.10 Å². The maximum absolute atomic E-state index is 10.5. The fraction of sp³-hybridized carbons (Fsp3) is 0.300. The van der Waals surface area contributed by atoms with Crippen molar-refractivity contribution in [3.63, 3.8) is 0 Å². The summed E-state index contributed by atoms with van der Waals surface area (Å²) in [7, 11) is 0. The number of nitro groups is 1. The molecule has 0 aliphatic carbocycles. The summed E-state index contributed by atoms with van der Waals surface area (Å²) in [6, 6.07) is 6.12. The van der Waals surface area contributed by atoms with E-state index in [4.69, 9.17) is 23.2 Å². The monoisotopic (exact) mass is 273 g/mol. The molecule has 1 unspecified atom stereocenters. The number of rotatable bonds is 3. The van der Waals surface area contributed by atoms with Crippen LogP contribution in [0.25, 0.3) is 0 Å². The Balaban J connectivity index is 2.12. The van der Waals surface area contributed by atoms with E-state index in [-0.39, 0.29) is 11.7 Å². The van der Waals surface area contributed by atoms with Gasteiger partial charge in [-0.25, -0.2) is 0 Å². The van der Waals surface area contributed by atoms with Crippen molar-refractivity contribution in [2.45, 2.75) is 17.3 Å². The molecule has 1 N–H and O–H groups in total. The summed E-state index contributed by atoms with van der Waals surface area (Å²) in [6.07, 6.45) is 0.607. The zero-order valence-corrected chi connectivity index (χ0v) is 10.1. The van der Waals surface area contributed by atoms with Crippen molar-refractivity contribution < 1.29 is 4.92 Å². The smallest absolute Gasteiger partial charge is 0.269 e. The summed E-state index contributed by atoms with van der Waals surface area (Å²) in [6.45, 7) is 0. The Morgan fingerprint density at radius 3 is 2.53 bits per heavy atom. The molecule has 0 radical (unpaired) electrons. The van der Waals surface area contributed by atoms with E-state index in [9.17, 15) is 10.1 Å². The van der Waals surface area contributed by atoms with Crippen molar-refractivity contribution >= 4 is 34.6 Å². The first-order chi connectivity index (χ1) is 8.08. The molecule has 2 rings (SSSR count). The predicted octanol–water partition coefficient (Wildman–Crippen LogP) is 2.46. The molecule has 1 aromatic carbocycles. The number of nitro benzene ring substituents is 1. The van der Waals surface area contributed by atoms with Crippen LogP contribution in [-0.2, 0) is 0 Å². The summed E-state index contributed by atoms with van der Waals surface area (Å²) in [5, 5.41) is 14.6. The summed E-state index contributed by atoms with van der Waals surface area (Å²) >= 11 is 11.5. The van der Waals surface area contributed by atoms with Crippen LogP contribution in [0.1, 0.15) is 12.0 Å². The highest BCUT2D eigenvalue weighted by Gasteiger charge is 2.24. The van der Waals surface area contributed by atoms with E-state index < -0.39 is 9.76 Å². The lowest BCUT2D eigenvalue weighted by Crippen LogP contribution is -2.26. The quantitative estimate of drug-likeness (QED) is 0.523. The van der Waals surface area contributed by atoms with Gasteiger partial charge in [0, 0.05) is 18.6 Å². The summed E-state index contributed by atoms with van der Waals surface area (Å²) in [4.78, 5) is 9.53. The van der Waals surface area contributed by atoms with Gasteiger partial charge >= 0.3 is 0 Å². The second-order valence-corrected chi connectivity index (χ2v) is 4.80. The topological polar surface area (TPSA) is 67.5 Å². The third-order valence-corrected chi connectivity index (χ3v) is 3.10. The number of hydrogen-bond donors (Lipinski definition) is 1. The lowest BCUT2D eigenvalue weighted by Gasteiger charge is -2.09. The molecule has 5 nitrogen and oxygen atoms in total. The minimum absolute atomic E-state index is 0.0596. The average molecular weight is 274 g/mol. The van der Waals surface area contributed by atoms with Crippen LogP contribution in [0, 0.1) is 10.1 Å². The minimum atomic E-state index is -0.533. The van der Waals surface area contributed by atoms with Crippen LogP contribution in [0.5, 0.6) is 0 Å². The lowest BCUT2D eigenvalue weighted by atomic mass is 10.0. The predicted molar refractivity (Wildman–Crippen MR) is 66.7 cm³/mol. The highest BCUT2D eigenvalue weighted by molar-refractivity contribution is 6.45. The Bertz CT molecular complexity index is 459. The molecule has 0 saturated carbocycles. The summed E-state index contributed by atoms with van der Waals surface area (Å²) < 4.78 is 0. The van der Waals surface area contributed by atoms with E-state index in [0.29, 0.717) is 6.42 Å². The van der Waals surface area contributed by atoms with Crippen LogP contribution in [-0.4, -0.2) is 21.5 Å². The van der Waals surface area contributed by atoms with E-state index >= 15 is 0 Å². The Hall–Kier alpha value is -1.33. The Kier molecular flexibility index (Phi) is 3.49. The molecule has 1 aliphatic heterocycles. The number of hydrazone groups is 1. The zero-order valence-electron chi connectivity index (χ0n) is 8.64. The van der Waals surface area contributed by atoms with E-state index in [2.05, 4.69) is 10.5 Å². The number of halogens is 2. The van der Waals surface area contributed by atoms with Gasteiger partial charge in [0.25, 0.3) is 5.69 Å². The van der Waals surface area contributed by atoms with E-state index in [1.807, 2.05) is 0 Å². The largest absolute Gasteiger partial charge is 0.304 e. The highest BCUT2D eigenvalue weighted by atomic mass is 35.5. The number of nitrogens with zero attached hydrogens (tertiary/aromatic N) is 2. The molecule has 0 aromatic heterocycles. The number of nitrogens with one attached hydrogen (secondary N) is 1. The molecular formula is C10H9Cl2N3O2.